The molecule has 1 N–H and O–H groups in total. The first kappa shape index (κ1) is 13.2. The average molecular weight is 206 g/mol. The van der Waals surface area contributed by atoms with Crippen molar-refractivity contribution < 1.29 is 24.1 Å². The largest absolute Gasteiger partial charge is 0.508 e. The Labute approximate surface area is 84.0 Å². The molecule has 1 unspecified atom stereocenters. The summed E-state index contributed by atoms with van der Waals surface area (Å²) < 4.78 is 14.1. The van der Waals surface area contributed by atoms with Gasteiger partial charge in [0.15, 0.2) is 0 Å². The van der Waals surface area contributed by atoms with Crippen LogP contribution in [0.4, 0.5) is 4.79 Å². The summed E-state index contributed by atoms with van der Waals surface area (Å²) in [6, 6.07) is 0. The number of rotatable bonds is 7. The summed E-state index contributed by atoms with van der Waals surface area (Å²) in [5, 5.41) is 8.85. The summed E-state index contributed by atoms with van der Waals surface area (Å²) in [6.45, 7) is 2.46. The van der Waals surface area contributed by atoms with Gasteiger partial charge in [0.1, 0.15) is 12.7 Å². The van der Waals surface area contributed by atoms with Crippen molar-refractivity contribution in [2.75, 3.05) is 26.9 Å². The Morgan fingerprint density at radius 3 is 2.71 bits per heavy atom. The Hall–Kier alpha value is -0.810. The third-order valence-electron chi connectivity index (χ3n) is 1.61. The van der Waals surface area contributed by atoms with E-state index in [1.165, 1.54) is 7.11 Å². The monoisotopic (exact) mass is 206 g/mol. The molecule has 1 atom stereocenters. The zero-order valence-electron chi connectivity index (χ0n) is 8.69. The van der Waals surface area contributed by atoms with Crippen LogP contribution in [0.25, 0.3) is 0 Å². The normalized spacial score (nSPS) is 12.2. The minimum atomic E-state index is -0.762. The van der Waals surface area contributed by atoms with Gasteiger partial charge in [0.25, 0.3) is 0 Å². The highest BCUT2D eigenvalue weighted by Crippen LogP contribution is 1.97. The molecule has 5 heteroatoms. The van der Waals surface area contributed by atoms with Crippen LogP contribution in [0.15, 0.2) is 0 Å². The van der Waals surface area contributed by atoms with Gasteiger partial charge < -0.3 is 19.3 Å². The summed E-state index contributed by atoms with van der Waals surface area (Å²) in [5.41, 5.74) is 0. The molecule has 0 aliphatic carbocycles. The number of ether oxygens (including phenoxy) is 3. The highest BCUT2D eigenvalue weighted by Gasteiger charge is 2.10. The van der Waals surface area contributed by atoms with Crippen molar-refractivity contribution in [3.05, 3.63) is 0 Å². The molecule has 0 aromatic carbocycles. The molecule has 0 amide bonds. The molecular formula is C9H18O5. The van der Waals surface area contributed by atoms with E-state index >= 15 is 0 Å². The van der Waals surface area contributed by atoms with E-state index in [2.05, 4.69) is 9.47 Å². The van der Waals surface area contributed by atoms with Gasteiger partial charge in [0.05, 0.1) is 13.7 Å². The smallest absolute Gasteiger partial charge is 0.438 e. The second-order valence-corrected chi connectivity index (χ2v) is 2.79. The first-order valence-electron chi connectivity index (χ1n) is 4.67. The molecule has 0 fully saturated rings. The van der Waals surface area contributed by atoms with Crippen LogP contribution in [0.5, 0.6) is 0 Å². The predicted octanol–water partition coefficient (Wildman–Crippen LogP) is 0.947. The molecule has 0 aromatic heterocycles. The number of aliphatic hydroxyl groups is 1. The molecule has 0 spiro atoms. The summed E-state index contributed by atoms with van der Waals surface area (Å²) in [7, 11) is 1.23. The van der Waals surface area contributed by atoms with Crippen LogP contribution in [-0.4, -0.2) is 44.3 Å². The second-order valence-electron chi connectivity index (χ2n) is 2.79. The van der Waals surface area contributed by atoms with E-state index in [9.17, 15) is 4.79 Å². The molecule has 0 rings (SSSR count). The minimum Gasteiger partial charge on any atom is -0.438 e. The van der Waals surface area contributed by atoms with E-state index in [4.69, 9.17) is 9.84 Å². The standard InChI is InChI=1S/C9H18O5/c1-3-4-5-13-8(6-10)7-14-9(11)12-2/h8,10H,3-7H2,1-2H3. The molecule has 0 aromatic rings. The fourth-order valence-electron chi connectivity index (χ4n) is 0.768. The zero-order valence-corrected chi connectivity index (χ0v) is 8.69. The van der Waals surface area contributed by atoms with E-state index < -0.39 is 12.3 Å². The van der Waals surface area contributed by atoms with E-state index in [1.807, 2.05) is 6.92 Å². The van der Waals surface area contributed by atoms with E-state index in [1.54, 1.807) is 0 Å². The molecule has 0 saturated heterocycles. The number of carbonyl (C=O) groups excluding carboxylic acids is 1. The highest BCUT2D eigenvalue weighted by atomic mass is 16.7. The maximum absolute atomic E-state index is 10.6. The Balaban J connectivity index is 3.52. The number of carbonyl (C=O) groups is 1. The number of hydrogen-bond acceptors (Lipinski definition) is 5. The van der Waals surface area contributed by atoms with Crippen molar-refractivity contribution in [1.82, 2.24) is 0 Å². The second kappa shape index (κ2) is 8.77. The van der Waals surface area contributed by atoms with Gasteiger partial charge in [-0.2, -0.15) is 0 Å². The van der Waals surface area contributed by atoms with Crippen molar-refractivity contribution >= 4 is 6.16 Å². The molecule has 0 aliphatic rings. The molecule has 0 aliphatic heterocycles. The SMILES string of the molecule is CCCCOC(CO)COC(=O)OC. The molecule has 84 valence electrons. The van der Waals surface area contributed by atoms with Crippen LogP contribution in [0.3, 0.4) is 0 Å². The van der Waals surface area contributed by atoms with Crippen LogP contribution in [-0.2, 0) is 14.2 Å². The van der Waals surface area contributed by atoms with Crippen molar-refractivity contribution in [3.63, 3.8) is 0 Å². The van der Waals surface area contributed by atoms with Crippen molar-refractivity contribution in [1.29, 1.82) is 0 Å². The molecule has 0 bridgehead atoms. The van der Waals surface area contributed by atoms with Crippen molar-refractivity contribution in [2.24, 2.45) is 0 Å². The Morgan fingerprint density at radius 2 is 2.21 bits per heavy atom. The quantitative estimate of drug-likeness (QED) is 0.496. The third-order valence-corrected chi connectivity index (χ3v) is 1.61. The van der Waals surface area contributed by atoms with Gasteiger partial charge in [-0.15, -0.1) is 0 Å². The lowest BCUT2D eigenvalue weighted by molar-refractivity contribution is -0.0363. The van der Waals surface area contributed by atoms with Crippen LogP contribution < -0.4 is 0 Å². The molecule has 0 heterocycles. The summed E-state index contributed by atoms with van der Waals surface area (Å²) in [6.07, 6.45) is 0.730. The Bertz CT molecular complexity index is 148. The van der Waals surface area contributed by atoms with Crippen LogP contribution in [0, 0.1) is 0 Å². The predicted molar refractivity (Wildman–Crippen MR) is 50.1 cm³/mol. The minimum absolute atomic E-state index is 0.0207. The van der Waals surface area contributed by atoms with Crippen molar-refractivity contribution in [2.45, 2.75) is 25.9 Å². The lowest BCUT2D eigenvalue weighted by Gasteiger charge is -2.14. The van der Waals surface area contributed by atoms with Gasteiger partial charge >= 0.3 is 6.16 Å². The third kappa shape index (κ3) is 6.68. The molecule has 0 saturated carbocycles. The zero-order chi connectivity index (χ0) is 10.8. The molecular weight excluding hydrogens is 188 g/mol. The fraction of sp³-hybridized carbons (Fsp3) is 0.889. The van der Waals surface area contributed by atoms with Crippen LogP contribution >= 0.6 is 0 Å². The van der Waals surface area contributed by atoms with Crippen molar-refractivity contribution in [3.8, 4) is 0 Å². The molecule has 0 radical (unpaired) electrons. The lowest BCUT2D eigenvalue weighted by Crippen LogP contribution is -2.26. The first-order chi connectivity index (χ1) is 6.74. The van der Waals surface area contributed by atoms with Gasteiger partial charge in [0, 0.05) is 6.61 Å². The maximum atomic E-state index is 10.6. The summed E-state index contributed by atoms with van der Waals surface area (Å²) in [4.78, 5) is 10.6. The number of hydrogen-bond donors (Lipinski definition) is 1. The maximum Gasteiger partial charge on any atom is 0.508 e. The topological polar surface area (TPSA) is 65.0 Å². The number of methoxy groups -OCH3 is 1. The van der Waals surface area contributed by atoms with Gasteiger partial charge in [-0.3, -0.25) is 0 Å². The van der Waals surface area contributed by atoms with Crippen LogP contribution in [0.1, 0.15) is 19.8 Å². The molecule has 5 nitrogen and oxygen atoms in total. The average Bonchev–Trinajstić information content (AvgIpc) is 2.22. The van der Waals surface area contributed by atoms with E-state index in [0.717, 1.165) is 12.8 Å². The summed E-state index contributed by atoms with van der Waals surface area (Å²) in [5.74, 6) is 0. The summed E-state index contributed by atoms with van der Waals surface area (Å²) >= 11 is 0. The van der Waals surface area contributed by atoms with Gasteiger partial charge in [-0.05, 0) is 6.42 Å². The van der Waals surface area contributed by atoms with E-state index in [0.29, 0.717) is 6.61 Å². The van der Waals surface area contributed by atoms with Gasteiger partial charge in [0.2, 0.25) is 0 Å². The van der Waals surface area contributed by atoms with E-state index in [-0.39, 0.29) is 13.2 Å². The Kier molecular flexibility index (Phi) is 8.27. The lowest BCUT2D eigenvalue weighted by atomic mass is 10.3. The fourth-order valence-corrected chi connectivity index (χ4v) is 0.768. The van der Waals surface area contributed by atoms with Gasteiger partial charge in [-0.1, -0.05) is 13.3 Å². The number of unbranched alkanes of at least 4 members (excludes halogenated alkanes) is 1. The Morgan fingerprint density at radius 1 is 1.50 bits per heavy atom. The van der Waals surface area contributed by atoms with Crippen LogP contribution in [0.2, 0.25) is 0 Å². The highest BCUT2D eigenvalue weighted by molar-refractivity contribution is 5.59. The first-order valence-corrected chi connectivity index (χ1v) is 4.67. The molecule has 14 heavy (non-hydrogen) atoms. The number of aliphatic hydroxyl groups excluding tert-OH is 1. The van der Waals surface area contributed by atoms with Gasteiger partial charge in [-0.25, -0.2) is 4.79 Å².